The molecule has 148 valence electrons. The third-order valence-corrected chi connectivity index (χ3v) is 5.02. The molecule has 28 heavy (non-hydrogen) atoms. The topological polar surface area (TPSA) is 67.5 Å². The standard InChI is InChI=1S/C21H27N5O2/c1-15(2)27-21-19-13-17(4-5-20(19)22-14-23-21)26-10-8-25(9-11-26)7-6-18-12-16(3)24-28-18/h4-5,12-15H,6-11H2,1-3H3. The molecule has 0 amide bonds. The number of hydrogen-bond donors (Lipinski definition) is 0. The van der Waals surface area contributed by atoms with E-state index >= 15 is 0 Å². The van der Waals surface area contributed by atoms with E-state index in [9.17, 15) is 0 Å². The van der Waals surface area contributed by atoms with Crippen LogP contribution in [-0.2, 0) is 6.42 Å². The molecule has 4 rings (SSSR count). The highest BCUT2D eigenvalue weighted by Gasteiger charge is 2.18. The van der Waals surface area contributed by atoms with E-state index in [-0.39, 0.29) is 6.10 Å². The Morgan fingerprint density at radius 3 is 2.64 bits per heavy atom. The lowest BCUT2D eigenvalue weighted by molar-refractivity contribution is 0.235. The zero-order valence-corrected chi connectivity index (χ0v) is 16.8. The third-order valence-electron chi connectivity index (χ3n) is 5.02. The Morgan fingerprint density at radius 2 is 1.93 bits per heavy atom. The molecule has 0 atom stereocenters. The summed E-state index contributed by atoms with van der Waals surface area (Å²) in [5.41, 5.74) is 3.05. The Kier molecular flexibility index (Phi) is 5.43. The second-order valence-electron chi connectivity index (χ2n) is 7.56. The number of piperazine rings is 1. The van der Waals surface area contributed by atoms with Gasteiger partial charge in [0.1, 0.15) is 12.1 Å². The monoisotopic (exact) mass is 381 g/mol. The first-order valence-corrected chi connectivity index (χ1v) is 9.89. The number of aryl methyl sites for hydroxylation is 1. The molecule has 1 aliphatic rings. The molecule has 1 saturated heterocycles. The van der Waals surface area contributed by atoms with Gasteiger partial charge in [-0.2, -0.15) is 0 Å². The van der Waals surface area contributed by atoms with Crippen LogP contribution in [0.1, 0.15) is 25.3 Å². The Labute approximate surface area is 165 Å². The maximum Gasteiger partial charge on any atom is 0.224 e. The Morgan fingerprint density at radius 1 is 1.11 bits per heavy atom. The maximum absolute atomic E-state index is 5.87. The van der Waals surface area contributed by atoms with Crippen LogP contribution in [0.2, 0.25) is 0 Å². The molecule has 3 aromatic rings. The molecule has 1 aromatic carbocycles. The van der Waals surface area contributed by atoms with Gasteiger partial charge in [0, 0.05) is 50.9 Å². The van der Waals surface area contributed by atoms with E-state index < -0.39 is 0 Å². The van der Waals surface area contributed by atoms with Gasteiger partial charge in [0.2, 0.25) is 5.88 Å². The van der Waals surface area contributed by atoms with Crippen molar-refractivity contribution < 1.29 is 9.26 Å². The van der Waals surface area contributed by atoms with Crippen LogP contribution in [0, 0.1) is 6.92 Å². The number of aromatic nitrogens is 3. The molecule has 0 bridgehead atoms. The first-order chi connectivity index (χ1) is 13.6. The number of ether oxygens (including phenoxy) is 1. The molecule has 2 aromatic heterocycles. The fraction of sp³-hybridized carbons (Fsp3) is 0.476. The average Bonchev–Trinajstić information content (AvgIpc) is 3.12. The van der Waals surface area contributed by atoms with E-state index in [0.29, 0.717) is 5.88 Å². The van der Waals surface area contributed by atoms with Crippen LogP contribution in [-0.4, -0.2) is 58.9 Å². The first-order valence-electron chi connectivity index (χ1n) is 9.89. The molecule has 7 heteroatoms. The lowest BCUT2D eigenvalue weighted by Gasteiger charge is -2.36. The lowest BCUT2D eigenvalue weighted by Crippen LogP contribution is -2.47. The van der Waals surface area contributed by atoms with Crippen LogP contribution < -0.4 is 9.64 Å². The molecule has 0 N–H and O–H groups in total. The van der Waals surface area contributed by atoms with Gasteiger partial charge in [-0.15, -0.1) is 0 Å². The molecule has 0 unspecified atom stereocenters. The minimum absolute atomic E-state index is 0.0819. The molecule has 1 aliphatic heterocycles. The van der Waals surface area contributed by atoms with Crippen LogP contribution >= 0.6 is 0 Å². The molecule has 3 heterocycles. The first kappa shape index (κ1) is 18.7. The second kappa shape index (κ2) is 8.14. The largest absolute Gasteiger partial charge is 0.474 e. The summed E-state index contributed by atoms with van der Waals surface area (Å²) < 4.78 is 11.2. The van der Waals surface area contributed by atoms with Crippen LogP contribution in [0.25, 0.3) is 10.9 Å². The molecule has 0 radical (unpaired) electrons. The van der Waals surface area contributed by atoms with Gasteiger partial charge in [0.25, 0.3) is 0 Å². The van der Waals surface area contributed by atoms with Crippen molar-refractivity contribution in [1.82, 2.24) is 20.0 Å². The van der Waals surface area contributed by atoms with Gasteiger partial charge in [0.05, 0.1) is 22.7 Å². The van der Waals surface area contributed by atoms with Gasteiger partial charge in [-0.1, -0.05) is 5.16 Å². The van der Waals surface area contributed by atoms with E-state index in [0.717, 1.165) is 61.5 Å². The second-order valence-corrected chi connectivity index (χ2v) is 7.56. The van der Waals surface area contributed by atoms with Crippen molar-refractivity contribution in [2.45, 2.75) is 33.3 Å². The van der Waals surface area contributed by atoms with E-state index in [4.69, 9.17) is 9.26 Å². The zero-order chi connectivity index (χ0) is 19.5. The molecule has 0 saturated carbocycles. The summed E-state index contributed by atoms with van der Waals surface area (Å²) in [5.74, 6) is 1.62. The minimum Gasteiger partial charge on any atom is -0.474 e. The number of rotatable bonds is 6. The number of fused-ring (bicyclic) bond motifs is 1. The van der Waals surface area contributed by atoms with Crippen LogP contribution in [0.5, 0.6) is 5.88 Å². The van der Waals surface area contributed by atoms with E-state index in [2.05, 4.69) is 43.1 Å². The lowest BCUT2D eigenvalue weighted by atomic mass is 10.1. The summed E-state index contributed by atoms with van der Waals surface area (Å²) in [6.45, 7) is 11.0. The van der Waals surface area contributed by atoms with Gasteiger partial charge in [-0.05, 0) is 39.0 Å². The summed E-state index contributed by atoms with van der Waals surface area (Å²) in [4.78, 5) is 13.6. The van der Waals surface area contributed by atoms with Crippen LogP contribution in [0.4, 0.5) is 5.69 Å². The van der Waals surface area contributed by atoms with Crippen molar-refractivity contribution in [2.75, 3.05) is 37.6 Å². The fourth-order valence-corrected chi connectivity index (χ4v) is 3.57. The van der Waals surface area contributed by atoms with Gasteiger partial charge in [-0.25, -0.2) is 9.97 Å². The maximum atomic E-state index is 5.87. The van der Waals surface area contributed by atoms with Gasteiger partial charge >= 0.3 is 0 Å². The molecular weight excluding hydrogens is 354 g/mol. The number of nitrogens with zero attached hydrogens (tertiary/aromatic N) is 5. The summed E-state index contributed by atoms with van der Waals surface area (Å²) in [7, 11) is 0. The third kappa shape index (κ3) is 4.25. The summed E-state index contributed by atoms with van der Waals surface area (Å²) in [5, 5.41) is 4.93. The average molecular weight is 381 g/mol. The number of benzene rings is 1. The van der Waals surface area contributed by atoms with Crippen LogP contribution in [0.15, 0.2) is 35.1 Å². The highest BCUT2D eigenvalue weighted by molar-refractivity contribution is 5.86. The number of anilines is 1. The predicted octanol–water partition coefficient (Wildman–Crippen LogP) is 3.08. The number of hydrogen-bond acceptors (Lipinski definition) is 7. The highest BCUT2D eigenvalue weighted by Crippen LogP contribution is 2.28. The SMILES string of the molecule is Cc1cc(CCN2CCN(c3ccc4ncnc(OC(C)C)c4c3)CC2)on1. The molecular formula is C21H27N5O2. The highest BCUT2D eigenvalue weighted by atomic mass is 16.5. The van der Waals surface area contributed by atoms with Crippen molar-refractivity contribution in [3.63, 3.8) is 0 Å². The van der Waals surface area contributed by atoms with E-state index in [1.807, 2.05) is 26.8 Å². The van der Waals surface area contributed by atoms with Crippen molar-refractivity contribution in [2.24, 2.45) is 0 Å². The van der Waals surface area contributed by atoms with E-state index in [1.165, 1.54) is 5.69 Å². The van der Waals surface area contributed by atoms with Crippen molar-refractivity contribution in [3.8, 4) is 5.88 Å². The van der Waals surface area contributed by atoms with E-state index in [1.54, 1.807) is 6.33 Å². The predicted molar refractivity (Wildman–Crippen MR) is 109 cm³/mol. The van der Waals surface area contributed by atoms with Crippen LogP contribution in [0.3, 0.4) is 0 Å². The van der Waals surface area contributed by atoms with Crippen molar-refractivity contribution >= 4 is 16.6 Å². The summed E-state index contributed by atoms with van der Waals surface area (Å²) >= 11 is 0. The fourth-order valence-electron chi connectivity index (χ4n) is 3.57. The Balaban J connectivity index is 1.40. The van der Waals surface area contributed by atoms with Gasteiger partial charge in [-0.3, -0.25) is 4.90 Å². The molecule has 7 nitrogen and oxygen atoms in total. The molecule has 0 spiro atoms. The Bertz CT molecular complexity index is 931. The van der Waals surface area contributed by atoms with Gasteiger partial charge in [0.15, 0.2) is 0 Å². The molecule has 1 fully saturated rings. The summed E-state index contributed by atoms with van der Waals surface area (Å²) in [6.07, 6.45) is 2.55. The minimum atomic E-state index is 0.0819. The summed E-state index contributed by atoms with van der Waals surface area (Å²) in [6, 6.07) is 8.36. The normalized spacial score (nSPS) is 15.5. The van der Waals surface area contributed by atoms with Gasteiger partial charge < -0.3 is 14.2 Å². The quantitative estimate of drug-likeness (QED) is 0.650. The van der Waals surface area contributed by atoms with Crippen molar-refractivity contribution in [1.29, 1.82) is 0 Å². The zero-order valence-electron chi connectivity index (χ0n) is 16.8. The molecule has 0 aliphatic carbocycles. The Hall–Kier alpha value is -2.67. The smallest absolute Gasteiger partial charge is 0.224 e. The van der Waals surface area contributed by atoms with Crippen molar-refractivity contribution in [3.05, 3.63) is 42.0 Å².